The van der Waals surface area contributed by atoms with Crippen molar-refractivity contribution in [3.63, 3.8) is 0 Å². The van der Waals surface area contributed by atoms with Crippen LogP contribution in [0.1, 0.15) is 12.8 Å². The zero-order chi connectivity index (χ0) is 14.8. The Hall–Kier alpha value is -1.24. The van der Waals surface area contributed by atoms with E-state index in [2.05, 4.69) is 5.32 Å². The number of ether oxygens (including phenoxy) is 1. The van der Waals surface area contributed by atoms with Crippen molar-refractivity contribution < 1.29 is 13.9 Å². The van der Waals surface area contributed by atoms with Crippen LogP contribution in [0.4, 0.5) is 10.1 Å². The van der Waals surface area contributed by atoms with Crippen LogP contribution < -0.4 is 11.1 Å². The Kier molecular flexibility index (Phi) is 4.57. The molecule has 1 aliphatic rings. The van der Waals surface area contributed by atoms with Gasteiger partial charge in [-0.15, -0.1) is 0 Å². The molecule has 0 saturated carbocycles. The SMILES string of the molecule is NC(=S)C1(C(=O)Nc2ccc(F)cc2Cl)CCOCC1. The number of thiocarbonyl (C=S) groups is 1. The second kappa shape index (κ2) is 6.03. The highest BCUT2D eigenvalue weighted by molar-refractivity contribution is 7.80. The number of carbonyl (C=O) groups excluding carboxylic acids is 1. The predicted octanol–water partition coefficient (Wildman–Crippen LogP) is 2.50. The fourth-order valence-corrected chi connectivity index (χ4v) is 2.65. The average Bonchev–Trinajstić information content (AvgIpc) is 2.42. The maximum Gasteiger partial charge on any atom is 0.237 e. The smallest absolute Gasteiger partial charge is 0.237 e. The van der Waals surface area contributed by atoms with E-state index in [0.717, 1.165) is 6.07 Å². The topological polar surface area (TPSA) is 64.4 Å². The number of anilines is 1. The minimum atomic E-state index is -0.939. The third-order valence-corrected chi connectivity index (χ3v) is 4.14. The summed E-state index contributed by atoms with van der Waals surface area (Å²) in [5.41, 5.74) is 5.14. The van der Waals surface area contributed by atoms with E-state index in [4.69, 9.17) is 34.3 Å². The molecule has 1 heterocycles. The van der Waals surface area contributed by atoms with Crippen molar-refractivity contribution in [1.82, 2.24) is 0 Å². The maximum atomic E-state index is 13.0. The van der Waals surface area contributed by atoms with Crippen LogP contribution in [0.2, 0.25) is 5.02 Å². The van der Waals surface area contributed by atoms with Gasteiger partial charge in [0.25, 0.3) is 0 Å². The van der Waals surface area contributed by atoms with Gasteiger partial charge in [-0.25, -0.2) is 4.39 Å². The molecule has 1 amide bonds. The van der Waals surface area contributed by atoms with E-state index in [1.807, 2.05) is 0 Å². The first-order valence-corrected chi connectivity index (χ1v) is 6.88. The number of nitrogens with two attached hydrogens (primary N) is 1. The van der Waals surface area contributed by atoms with Crippen LogP contribution in [-0.2, 0) is 9.53 Å². The van der Waals surface area contributed by atoms with E-state index >= 15 is 0 Å². The molecule has 0 bridgehead atoms. The molecule has 0 aliphatic carbocycles. The summed E-state index contributed by atoms with van der Waals surface area (Å²) in [6.45, 7) is 0.837. The molecular weight excluding hydrogens is 303 g/mol. The van der Waals surface area contributed by atoms with Crippen molar-refractivity contribution in [3.05, 3.63) is 29.0 Å². The van der Waals surface area contributed by atoms with Gasteiger partial charge in [-0.3, -0.25) is 4.79 Å². The van der Waals surface area contributed by atoms with Gasteiger partial charge in [-0.2, -0.15) is 0 Å². The molecule has 0 atom stereocenters. The van der Waals surface area contributed by atoms with E-state index < -0.39 is 11.2 Å². The van der Waals surface area contributed by atoms with Gasteiger partial charge in [0.1, 0.15) is 11.2 Å². The number of nitrogens with one attached hydrogen (secondary N) is 1. The Labute approximate surface area is 126 Å². The second-order valence-corrected chi connectivity index (χ2v) is 5.48. The van der Waals surface area contributed by atoms with Crippen molar-refractivity contribution >= 4 is 40.4 Å². The zero-order valence-corrected chi connectivity index (χ0v) is 12.2. The fourth-order valence-electron chi connectivity index (χ4n) is 2.14. The number of halogens is 2. The number of benzene rings is 1. The highest BCUT2D eigenvalue weighted by atomic mass is 35.5. The minimum absolute atomic E-state index is 0.128. The second-order valence-electron chi connectivity index (χ2n) is 4.64. The largest absolute Gasteiger partial charge is 0.392 e. The van der Waals surface area contributed by atoms with Crippen LogP contribution in [0.3, 0.4) is 0 Å². The van der Waals surface area contributed by atoms with Crippen molar-refractivity contribution in [3.8, 4) is 0 Å². The molecule has 0 unspecified atom stereocenters. The summed E-state index contributed by atoms with van der Waals surface area (Å²) in [6, 6.07) is 3.76. The molecule has 1 saturated heterocycles. The Bertz CT molecular complexity index is 547. The summed E-state index contributed by atoms with van der Waals surface area (Å²) < 4.78 is 18.2. The summed E-state index contributed by atoms with van der Waals surface area (Å²) in [4.78, 5) is 12.6. The minimum Gasteiger partial charge on any atom is -0.392 e. The quantitative estimate of drug-likeness (QED) is 0.841. The first-order valence-electron chi connectivity index (χ1n) is 6.10. The molecule has 3 N–H and O–H groups in total. The normalized spacial score (nSPS) is 17.5. The van der Waals surface area contributed by atoms with Gasteiger partial charge in [0, 0.05) is 13.2 Å². The van der Waals surface area contributed by atoms with Gasteiger partial charge < -0.3 is 15.8 Å². The monoisotopic (exact) mass is 316 g/mol. The Morgan fingerprint density at radius 1 is 1.45 bits per heavy atom. The van der Waals surface area contributed by atoms with E-state index in [-0.39, 0.29) is 15.9 Å². The highest BCUT2D eigenvalue weighted by Gasteiger charge is 2.43. The van der Waals surface area contributed by atoms with Crippen LogP contribution in [0.5, 0.6) is 0 Å². The molecule has 1 aromatic rings. The van der Waals surface area contributed by atoms with Crippen LogP contribution >= 0.6 is 23.8 Å². The average molecular weight is 317 g/mol. The number of rotatable bonds is 3. The molecule has 0 aromatic heterocycles. The highest BCUT2D eigenvalue weighted by Crippen LogP contribution is 2.33. The molecule has 1 fully saturated rings. The van der Waals surface area contributed by atoms with Crippen LogP contribution in [0.15, 0.2) is 18.2 Å². The predicted molar refractivity (Wildman–Crippen MR) is 79.3 cm³/mol. The van der Waals surface area contributed by atoms with Gasteiger partial charge in [-0.1, -0.05) is 23.8 Å². The first kappa shape index (κ1) is 15.2. The molecule has 20 heavy (non-hydrogen) atoms. The lowest BCUT2D eigenvalue weighted by atomic mass is 9.79. The summed E-state index contributed by atoms with van der Waals surface area (Å²) in [5.74, 6) is -0.801. The molecule has 2 rings (SSSR count). The van der Waals surface area contributed by atoms with Crippen LogP contribution in [0.25, 0.3) is 0 Å². The van der Waals surface area contributed by atoms with Crippen molar-refractivity contribution in [2.75, 3.05) is 18.5 Å². The summed E-state index contributed by atoms with van der Waals surface area (Å²) >= 11 is 10.9. The number of hydrogen-bond donors (Lipinski definition) is 2. The van der Waals surface area contributed by atoms with Gasteiger partial charge in [0.2, 0.25) is 5.91 Å². The Morgan fingerprint density at radius 3 is 2.65 bits per heavy atom. The zero-order valence-electron chi connectivity index (χ0n) is 10.6. The van der Waals surface area contributed by atoms with E-state index in [1.165, 1.54) is 12.1 Å². The van der Waals surface area contributed by atoms with Crippen LogP contribution in [-0.4, -0.2) is 24.1 Å². The fraction of sp³-hybridized carbons (Fsp3) is 0.385. The van der Waals surface area contributed by atoms with Gasteiger partial charge in [0.15, 0.2) is 0 Å². The number of amides is 1. The summed E-state index contributed by atoms with van der Waals surface area (Å²) in [6.07, 6.45) is 0.847. The van der Waals surface area contributed by atoms with E-state index in [0.29, 0.717) is 31.7 Å². The van der Waals surface area contributed by atoms with Gasteiger partial charge >= 0.3 is 0 Å². The molecule has 0 radical (unpaired) electrons. The molecule has 0 spiro atoms. The number of carbonyl (C=O) groups is 1. The Morgan fingerprint density at radius 2 is 2.10 bits per heavy atom. The first-order chi connectivity index (χ1) is 9.45. The lowest BCUT2D eigenvalue weighted by Gasteiger charge is -2.34. The van der Waals surface area contributed by atoms with E-state index in [9.17, 15) is 9.18 Å². The lowest BCUT2D eigenvalue weighted by molar-refractivity contribution is -0.126. The third kappa shape index (κ3) is 2.92. The van der Waals surface area contributed by atoms with Crippen molar-refractivity contribution in [2.24, 2.45) is 11.1 Å². The number of hydrogen-bond acceptors (Lipinski definition) is 3. The molecule has 7 heteroatoms. The lowest BCUT2D eigenvalue weighted by Crippen LogP contribution is -2.49. The molecule has 4 nitrogen and oxygen atoms in total. The molecule has 1 aliphatic heterocycles. The molecule has 108 valence electrons. The third-order valence-electron chi connectivity index (χ3n) is 3.43. The van der Waals surface area contributed by atoms with Crippen molar-refractivity contribution in [1.29, 1.82) is 0 Å². The summed E-state index contributed by atoms with van der Waals surface area (Å²) in [5, 5.41) is 2.80. The van der Waals surface area contributed by atoms with Crippen molar-refractivity contribution in [2.45, 2.75) is 12.8 Å². The maximum absolute atomic E-state index is 13.0. The summed E-state index contributed by atoms with van der Waals surface area (Å²) in [7, 11) is 0. The van der Waals surface area contributed by atoms with E-state index in [1.54, 1.807) is 0 Å². The Balaban J connectivity index is 2.22. The standard InChI is InChI=1S/C13H14ClFN2O2S/c14-9-7-8(15)1-2-10(9)17-12(18)13(11(16)20)3-5-19-6-4-13/h1-2,7H,3-6H2,(H2,16,20)(H,17,18). The van der Waals surface area contributed by atoms with Gasteiger partial charge in [-0.05, 0) is 31.0 Å². The van der Waals surface area contributed by atoms with Crippen LogP contribution in [0, 0.1) is 11.2 Å². The molecule has 1 aromatic carbocycles. The van der Waals surface area contributed by atoms with Gasteiger partial charge in [0.05, 0.1) is 15.7 Å². The molecular formula is C13H14ClFN2O2S.